The number of hydrogen-bond donors (Lipinski definition) is 8. The topological polar surface area (TPSA) is 272 Å². The predicted molar refractivity (Wildman–Crippen MR) is 383 cm³/mol. The molecular weight excluding hydrogens is 1300 g/mol. The largest absolute Gasteiger partial charge is 0.497 e. The molecule has 0 saturated carbocycles. The minimum atomic E-state index is -0.406. The van der Waals surface area contributed by atoms with Crippen LogP contribution in [0.1, 0.15) is 78.8 Å². The van der Waals surface area contributed by atoms with Gasteiger partial charge in [0.2, 0.25) is 0 Å². The van der Waals surface area contributed by atoms with Crippen molar-refractivity contribution in [3.63, 3.8) is 0 Å². The molecule has 9 aromatic rings. The molecule has 6 amide bonds. The van der Waals surface area contributed by atoms with Gasteiger partial charge in [-0.1, -0.05) is 71.2 Å². The number of nitrogens with zero attached hydrogens (tertiary/aromatic N) is 4. The van der Waals surface area contributed by atoms with Crippen molar-refractivity contribution in [2.75, 3.05) is 101 Å². The molecule has 2 heterocycles. The van der Waals surface area contributed by atoms with Crippen molar-refractivity contribution in [2.24, 2.45) is 4.99 Å². The number of methoxy groups -OCH3 is 3. The Labute approximate surface area is 575 Å². The van der Waals surface area contributed by atoms with Gasteiger partial charge in [0, 0.05) is 106 Å². The number of hydrogen-bond acceptors (Lipinski definition) is 13. The summed E-state index contributed by atoms with van der Waals surface area (Å²) in [6.07, 6.45) is 0. The lowest BCUT2D eigenvalue weighted by Gasteiger charge is -2.15. The Balaban J connectivity index is 0.000000171. The number of aliphatic imine (C=N–C) groups is 1. The highest BCUT2D eigenvalue weighted by molar-refractivity contribution is 6.31. The van der Waals surface area contributed by atoms with Gasteiger partial charge in [0.05, 0.1) is 61.6 Å². The Hall–Kier alpha value is -11.5. The molecule has 97 heavy (non-hydrogen) atoms. The molecule has 494 valence electrons. The van der Waals surface area contributed by atoms with Gasteiger partial charge < -0.3 is 60.8 Å². The predicted octanol–water partition coefficient (Wildman–Crippen LogP) is 13.8. The molecule has 0 atom stereocenters. The van der Waals surface area contributed by atoms with Crippen LogP contribution in [0.15, 0.2) is 205 Å². The third-order valence-corrected chi connectivity index (χ3v) is 15.7. The van der Waals surface area contributed by atoms with Gasteiger partial charge in [0.25, 0.3) is 35.4 Å². The van der Waals surface area contributed by atoms with Crippen molar-refractivity contribution in [3.8, 4) is 17.2 Å². The van der Waals surface area contributed by atoms with Gasteiger partial charge in [0.15, 0.2) is 0 Å². The van der Waals surface area contributed by atoms with Gasteiger partial charge in [-0.15, -0.1) is 0 Å². The van der Waals surface area contributed by atoms with Crippen LogP contribution in [0, 0.1) is 10.8 Å². The summed E-state index contributed by atoms with van der Waals surface area (Å²) in [5.41, 5.74) is 7.27. The minimum Gasteiger partial charge on any atom is -0.497 e. The number of carbonyl (C=O) groups is 6. The molecule has 9 aromatic carbocycles. The molecule has 21 nitrogen and oxygen atoms in total. The summed E-state index contributed by atoms with van der Waals surface area (Å²) in [6.45, 7) is 3.43. The molecule has 1 fully saturated rings. The average Bonchev–Trinajstić information content (AvgIpc) is 1.63. The van der Waals surface area contributed by atoms with Gasteiger partial charge in [-0.05, 0) is 164 Å². The molecule has 0 aromatic heterocycles. The van der Waals surface area contributed by atoms with Crippen LogP contribution in [0.3, 0.4) is 0 Å². The summed E-state index contributed by atoms with van der Waals surface area (Å²) in [4.78, 5) is 87.5. The fraction of sp³-hybridized carbons (Fsp3) is 0.137. The first-order chi connectivity index (χ1) is 46.7. The standard InChI is InChI=1S/C25H23ClN4O3.C24H21ClN4O3.C24H23ClN4O3/c1-30-14-13-27-23(30)16-3-5-17(6-4-16)24(31)29-22-12-11-20(33-2)15-21(22)25(32)28-19-9-7-18(26)8-10-19;1-32-19-10-11-21(20(14-19)24(31)27-18-8-6-17(25)7-9-18)28-23(30)16-4-2-15(3-5-16)22(26)29-12-13-29;1-29(2)22(26)15-4-6-16(7-5-15)23(30)28-21-13-12-19(32-3)14-20(21)24(31)27-18-10-8-17(25)9-11-18/h3-12,15H,13-14H2,1-2H3,(H,28,32)(H,29,31);2-11,14,26H,12-13H2,1H3,(H,27,31)(H,28,30);4-14,26H,1-3H3,(H,27,31)(H,28,30). The van der Waals surface area contributed by atoms with Crippen LogP contribution >= 0.6 is 34.8 Å². The molecule has 8 N–H and O–H groups in total. The van der Waals surface area contributed by atoms with Crippen LogP contribution in [-0.4, -0.2) is 136 Å². The van der Waals surface area contributed by atoms with E-state index < -0.39 is 11.8 Å². The highest BCUT2D eigenvalue weighted by atomic mass is 35.5. The first-order valence-corrected chi connectivity index (χ1v) is 31.2. The van der Waals surface area contributed by atoms with Crippen LogP contribution < -0.4 is 46.1 Å². The maximum Gasteiger partial charge on any atom is 0.257 e. The summed E-state index contributed by atoms with van der Waals surface area (Å²) >= 11 is 17.7. The van der Waals surface area contributed by atoms with Gasteiger partial charge in [-0.2, -0.15) is 0 Å². The molecule has 0 radical (unpaired) electrons. The van der Waals surface area contributed by atoms with Crippen LogP contribution in [-0.2, 0) is 0 Å². The van der Waals surface area contributed by atoms with Crippen molar-refractivity contribution >= 4 is 122 Å². The van der Waals surface area contributed by atoms with Crippen molar-refractivity contribution in [1.29, 1.82) is 10.8 Å². The van der Waals surface area contributed by atoms with Crippen molar-refractivity contribution in [2.45, 2.75) is 0 Å². The molecule has 24 heteroatoms. The van der Waals surface area contributed by atoms with Crippen molar-refractivity contribution in [1.82, 2.24) is 14.7 Å². The lowest BCUT2D eigenvalue weighted by atomic mass is 10.1. The zero-order chi connectivity index (χ0) is 69.3. The molecular formula is C73H67Cl3N12O9. The van der Waals surface area contributed by atoms with E-state index in [0.717, 1.165) is 43.1 Å². The Morgan fingerprint density at radius 3 is 1.03 bits per heavy atom. The molecule has 0 aliphatic carbocycles. The second-order valence-corrected chi connectivity index (χ2v) is 23.2. The fourth-order valence-electron chi connectivity index (χ4n) is 9.51. The van der Waals surface area contributed by atoms with Crippen molar-refractivity contribution in [3.05, 3.63) is 265 Å². The normalized spacial score (nSPS) is 11.7. The molecule has 0 spiro atoms. The molecule has 2 aliphatic heterocycles. The Morgan fingerprint density at radius 2 is 0.732 bits per heavy atom. The van der Waals surface area contributed by atoms with E-state index in [1.165, 1.54) is 21.3 Å². The van der Waals surface area contributed by atoms with Crippen LogP contribution in [0.2, 0.25) is 15.1 Å². The smallest absolute Gasteiger partial charge is 0.257 e. The Morgan fingerprint density at radius 1 is 0.412 bits per heavy atom. The number of rotatable bonds is 18. The lowest BCUT2D eigenvalue weighted by molar-refractivity contribution is 0.101. The first-order valence-electron chi connectivity index (χ1n) is 30.0. The lowest BCUT2D eigenvalue weighted by Crippen LogP contribution is -2.23. The zero-order valence-corrected chi connectivity index (χ0v) is 55.7. The molecule has 0 bridgehead atoms. The third kappa shape index (κ3) is 18.9. The van der Waals surface area contributed by atoms with E-state index in [0.29, 0.717) is 100 Å². The SMILES string of the molecule is COc1ccc(NC(=O)c2ccc(C(=N)N(C)C)cc2)c(C(=O)Nc2ccc(Cl)cc2)c1.COc1ccc(NC(=O)c2ccc(C(=N)N3CC3)cc2)c(C(=O)Nc2ccc(Cl)cc2)c1.COc1ccc(NC(=O)c2ccc(C3=NCCN3C)cc2)c(C(=O)Nc2ccc(Cl)cc2)c1. The number of likely N-dealkylation sites (N-methyl/N-ethyl adjacent to an activating group) is 1. The van der Waals surface area contributed by atoms with Gasteiger partial charge >= 0.3 is 0 Å². The number of halogens is 3. The summed E-state index contributed by atoms with van der Waals surface area (Å²) in [6, 6.07) is 55.6. The van der Waals surface area contributed by atoms with E-state index in [1.807, 2.05) is 24.1 Å². The van der Waals surface area contributed by atoms with E-state index in [2.05, 4.69) is 41.8 Å². The number of carbonyl (C=O) groups excluding carboxylic acids is 6. The summed E-state index contributed by atoms with van der Waals surface area (Å²) < 4.78 is 15.7. The zero-order valence-electron chi connectivity index (χ0n) is 53.5. The minimum absolute atomic E-state index is 0.249. The maximum absolute atomic E-state index is 13.0. The highest BCUT2D eigenvalue weighted by Crippen LogP contribution is 2.29. The number of nitrogens with one attached hydrogen (secondary N) is 8. The van der Waals surface area contributed by atoms with Crippen LogP contribution in [0.5, 0.6) is 17.2 Å². The van der Waals surface area contributed by atoms with E-state index >= 15 is 0 Å². The van der Waals surface area contributed by atoms with Crippen LogP contribution in [0.4, 0.5) is 34.1 Å². The van der Waals surface area contributed by atoms with E-state index in [1.54, 1.807) is 207 Å². The Bertz CT molecular complexity index is 4240. The van der Waals surface area contributed by atoms with Crippen LogP contribution in [0.25, 0.3) is 0 Å². The first kappa shape index (κ1) is 69.8. The van der Waals surface area contributed by atoms with E-state index in [4.69, 9.17) is 59.8 Å². The fourth-order valence-corrected chi connectivity index (χ4v) is 9.89. The average molecular weight is 1360 g/mol. The third-order valence-electron chi connectivity index (χ3n) is 15.0. The van der Waals surface area contributed by atoms with Gasteiger partial charge in [0.1, 0.15) is 34.8 Å². The van der Waals surface area contributed by atoms with Gasteiger partial charge in [-0.25, -0.2) is 0 Å². The monoisotopic (exact) mass is 1360 g/mol. The van der Waals surface area contributed by atoms with E-state index in [9.17, 15) is 28.8 Å². The van der Waals surface area contributed by atoms with Crippen molar-refractivity contribution < 1.29 is 43.0 Å². The van der Waals surface area contributed by atoms with E-state index in [-0.39, 0.29) is 40.3 Å². The molecule has 11 rings (SSSR count). The summed E-state index contributed by atoms with van der Waals surface area (Å²) in [5, 5.41) is 34.6. The number of ether oxygens (including phenoxy) is 3. The highest BCUT2D eigenvalue weighted by Gasteiger charge is 2.24. The maximum atomic E-state index is 13.0. The Kier molecular flexibility index (Phi) is 23.4. The second-order valence-electron chi connectivity index (χ2n) is 21.9. The molecule has 2 aliphatic rings. The number of anilines is 6. The number of amides is 6. The summed E-state index contributed by atoms with van der Waals surface area (Å²) in [5.74, 6) is 0.926. The van der Waals surface area contributed by atoms with Gasteiger partial charge in [-0.3, -0.25) is 44.6 Å². The number of amidine groups is 3. The second kappa shape index (κ2) is 32.6. The quantitative estimate of drug-likeness (QED) is 0.0226. The number of benzene rings is 9. The molecule has 1 saturated heterocycles. The summed E-state index contributed by atoms with van der Waals surface area (Å²) in [7, 11) is 10.1. The molecule has 0 unspecified atom stereocenters.